The Kier molecular flexibility index (Phi) is 3.69. The number of benzene rings is 1. The van der Waals surface area contributed by atoms with Crippen LogP contribution in [0.25, 0.3) is 0 Å². The van der Waals surface area contributed by atoms with E-state index in [0.29, 0.717) is 29.6 Å². The number of hydrogen-bond donors (Lipinski definition) is 0. The Labute approximate surface area is 115 Å². The fraction of sp³-hybridized carbons (Fsp3) is 0.588. The average Bonchev–Trinajstić information content (AvgIpc) is 3.17. The molecule has 0 amide bonds. The Morgan fingerprint density at radius 1 is 1.21 bits per heavy atom. The summed E-state index contributed by atoms with van der Waals surface area (Å²) in [5.41, 5.74) is 1.33. The van der Waals surface area contributed by atoms with Crippen molar-refractivity contribution in [2.45, 2.75) is 44.6 Å². The quantitative estimate of drug-likeness (QED) is 0.779. The van der Waals surface area contributed by atoms with Gasteiger partial charge in [0.05, 0.1) is 6.10 Å². The van der Waals surface area contributed by atoms with E-state index in [0.717, 1.165) is 32.3 Å². The van der Waals surface area contributed by atoms with Crippen molar-refractivity contribution in [2.24, 2.45) is 11.8 Å². The molecule has 102 valence electrons. The van der Waals surface area contributed by atoms with Crippen LogP contribution in [0.5, 0.6) is 0 Å². The van der Waals surface area contributed by atoms with Gasteiger partial charge in [0.15, 0.2) is 0 Å². The first-order chi connectivity index (χ1) is 9.28. The molecule has 1 aromatic rings. The van der Waals surface area contributed by atoms with Gasteiger partial charge in [-0.15, -0.1) is 0 Å². The first kappa shape index (κ1) is 12.9. The first-order valence-corrected chi connectivity index (χ1v) is 7.47. The monoisotopic (exact) mass is 258 g/mol. The molecule has 2 aliphatic carbocycles. The summed E-state index contributed by atoms with van der Waals surface area (Å²) in [4.78, 5) is 12.2. The molecule has 3 rings (SSSR count). The molecule has 2 atom stereocenters. The van der Waals surface area contributed by atoms with Crippen molar-refractivity contribution in [3.05, 3.63) is 35.9 Å². The second-order valence-electron chi connectivity index (χ2n) is 5.94. The van der Waals surface area contributed by atoms with Crippen molar-refractivity contribution in [1.29, 1.82) is 0 Å². The summed E-state index contributed by atoms with van der Waals surface area (Å²) in [6.07, 6.45) is 4.43. The van der Waals surface area contributed by atoms with Crippen LogP contribution in [0, 0.1) is 11.8 Å². The maximum absolute atomic E-state index is 12.2. The topological polar surface area (TPSA) is 26.3 Å². The number of ketones is 1. The fourth-order valence-corrected chi connectivity index (χ4v) is 3.27. The number of hydrogen-bond acceptors (Lipinski definition) is 2. The summed E-state index contributed by atoms with van der Waals surface area (Å²) in [6, 6.07) is 10.4. The molecule has 0 N–H and O–H groups in total. The summed E-state index contributed by atoms with van der Waals surface area (Å²) in [5, 5.41) is 0. The Morgan fingerprint density at radius 3 is 2.63 bits per heavy atom. The van der Waals surface area contributed by atoms with Crippen molar-refractivity contribution in [3.8, 4) is 0 Å². The van der Waals surface area contributed by atoms with E-state index in [1.807, 2.05) is 13.0 Å². The first-order valence-electron chi connectivity index (χ1n) is 7.47. The number of Topliss-reactive ketones (excluding diaryl/α,β-unsaturated/α-hetero) is 1. The van der Waals surface area contributed by atoms with E-state index in [1.54, 1.807) is 0 Å². The van der Waals surface area contributed by atoms with Gasteiger partial charge in [0.2, 0.25) is 0 Å². The highest BCUT2D eigenvalue weighted by molar-refractivity contribution is 5.85. The summed E-state index contributed by atoms with van der Waals surface area (Å²) in [6.45, 7) is 2.83. The van der Waals surface area contributed by atoms with E-state index in [9.17, 15) is 4.79 Å². The highest BCUT2D eigenvalue weighted by Gasteiger charge is 2.44. The van der Waals surface area contributed by atoms with Crippen molar-refractivity contribution in [3.63, 3.8) is 0 Å². The van der Waals surface area contributed by atoms with E-state index in [1.165, 1.54) is 5.56 Å². The molecule has 2 fully saturated rings. The molecule has 0 spiro atoms. The van der Waals surface area contributed by atoms with E-state index >= 15 is 0 Å². The predicted octanol–water partition coefficient (Wildman–Crippen LogP) is 3.56. The molecule has 0 aromatic heterocycles. The molecule has 0 bridgehead atoms. The molecule has 0 saturated heterocycles. The molecule has 1 aromatic carbocycles. The lowest BCUT2D eigenvalue weighted by atomic mass is 9.78. The van der Waals surface area contributed by atoms with Crippen LogP contribution in [-0.4, -0.2) is 18.5 Å². The zero-order chi connectivity index (χ0) is 13.2. The lowest BCUT2D eigenvalue weighted by Crippen LogP contribution is -2.33. The number of carbonyl (C=O) groups excluding carboxylic acids is 1. The molecule has 2 nitrogen and oxygen atoms in total. The van der Waals surface area contributed by atoms with E-state index in [4.69, 9.17) is 4.74 Å². The van der Waals surface area contributed by atoms with Crippen LogP contribution in [0.3, 0.4) is 0 Å². The van der Waals surface area contributed by atoms with E-state index in [2.05, 4.69) is 24.3 Å². The molecule has 2 heteroatoms. The molecule has 0 heterocycles. The second kappa shape index (κ2) is 5.46. The van der Waals surface area contributed by atoms with Gasteiger partial charge in [-0.2, -0.15) is 0 Å². The van der Waals surface area contributed by atoms with Crippen molar-refractivity contribution < 1.29 is 9.53 Å². The van der Waals surface area contributed by atoms with Crippen molar-refractivity contribution >= 4 is 5.78 Å². The van der Waals surface area contributed by atoms with Gasteiger partial charge in [0, 0.05) is 18.9 Å². The maximum atomic E-state index is 12.2. The minimum Gasteiger partial charge on any atom is -0.378 e. The van der Waals surface area contributed by atoms with Crippen LogP contribution in [0.4, 0.5) is 0 Å². The van der Waals surface area contributed by atoms with Gasteiger partial charge < -0.3 is 4.74 Å². The lowest BCUT2D eigenvalue weighted by molar-refractivity contribution is -0.123. The average molecular weight is 258 g/mol. The largest absolute Gasteiger partial charge is 0.378 e. The van der Waals surface area contributed by atoms with E-state index < -0.39 is 0 Å². The smallest absolute Gasteiger partial charge is 0.136 e. The molecule has 0 aliphatic heterocycles. The van der Waals surface area contributed by atoms with Crippen LogP contribution in [0.15, 0.2) is 30.3 Å². The minimum atomic E-state index is 0.300. The zero-order valence-corrected chi connectivity index (χ0v) is 11.5. The van der Waals surface area contributed by atoms with Crippen LogP contribution < -0.4 is 0 Å². The molecular weight excluding hydrogens is 236 g/mol. The second-order valence-corrected chi connectivity index (χ2v) is 5.94. The van der Waals surface area contributed by atoms with Crippen LogP contribution in [0.1, 0.15) is 44.1 Å². The molecule has 2 saturated carbocycles. The summed E-state index contributed by atoms with van der Waals surface area (Å²) in [7, 11) is 0. The highest BCUT2D eigenvalue weighted by atomic mass is 16.5. The molecule has 19 heavy (non-hydrogen) atoms. The summed E-state index contributed by atoms with van der Waals surface area (Å²) >= 11 is 0. The number of rotatable bonds is 6. The standard InChI is InChI=1S/C17H22O2/c1-2-19-14-8-12(9-14)10-17(18)16-11-15(16)13-6-4-3-5-7-13/h3-7,12,14-16H,2,8-11H2,1H3. The fourth-order valence-electron chi connectivity index (χ4n) is 3.27. The van der Waals surface area contributed by atoms with Gasteiger partial charge in [0.1, 0.15) is 5.78 Å². The maximum Gasteiger partial charge on any atom is 0.136 e. The number of ether oxygens (including phenoxy) is 1. The van der Waals surface area contributed by atoms with Gasteiger partial charge >= 0.3 is 0 Å². The van der Waals surface area contributed by atoms with E-state index in [-0.39, 0.29) is 0 Å². The Bertz CT molecular complexity index is 434. The van der Waals surface area contributed by atoms with Gasteiger partial charge in [-0.1, -0.05) is 30.3 Å². The van der Waals surface area contributed by atoms with Crippen LogP contribution in [0.2, 0.25) is 0 Å². The normalized spacial score (nSPS) is 32.7. The van der Waals surface area contributed by atoms with Gasteiger partial charge in [-0.05, 0) is 43.6 Å². The molecule has 0 radical (unpaired) electrons. The third kappa shape index (κ3) is 2.89. The van der Waals surface area contributed by atoms with Gasteiger partial charge in [-0.3, -0.25) is 4.79 Å². The zero-order valence-electron chi connectivity index (χ0n) is 11.5. The third-order valence-electron chi connectivity index (χ3n) is 4.52. The van der Waals surface area contributed by atoms with Gasteiger partial charge in [-0.25, -0.2) is 0 Å². The van der Waals surface area contributed by atoms with Crippen LogP contribution in [-0.2, 0) is 9.53 Å². The molecule has 2 unspecified atom stereocenters. The number of carbonyl (C=O) groups is 1. The van der Waals surface area contributed by atoms with Crippen LogP contribution >= 0.6 is 0 Å². The third-order valence-corrected chi connectivity index (χ3v) is 4.52. The Balaban J connectivity index is 1.44. The van der Waals surface area contributed by atoms with Crippen molar-refractivity contribution in [2.75, 3.05) is 6.61 Å². The van der Waals surface area contributed by atoms with Gasteiger partial charge in [0.25, 0.3) is 0 Å². The summed E-state index contributed by atoms with van der Waals surface area (Å²) in [5.74, 6) is 1.86. The lowest BCUT2D eigenvalue weighted by Gasteiger charge is -2.34. The molecular formula is C17H22O2. The summed E-state index contributed by atoms with van der Waals surface area (Å²) < 4.78 is 5.54. The SMILES string of the molecule is CCOC1CC(CC(=O)C2CC2c2ccccc2)C1. The Morgan fingerprint density at radius 2 is 1.95 bits per heavy atom. The predicted molar refractivity (Wildman–Crippen MR) is 75.1 cm³/mol. The minimum absolute atomic E-state index is 0.300. The Hall–Kier alpha value is -1.15. The highest BCUT2D eigenvalue weighted by Crippen LogP contribution is 2.49. The van der Waals surface area contributed by atoms with Crippen molar-refractivity contribution in [1.82, 2.24) is 0 Å². The molecule has 2 aliphatic rings.